The molecular weight excluding hydrogens is 260 g/mol. The average molecular weight is 284 g/mol. The van der Waals surface area contributed by atoms with E-state index < -0.39 is 0 Å². The van der Waals surface area contributed by atoms with Gasteiger partial charge >= 0.3 is 0 Å². The molecule has 4 heteroatoms. The van der Waals surface area contributed by atoms with Crippen LogP contribution in [0.25, 0.3) is 5.69 Å². The van der Waals surface area contributed by atoms with Gasteiger partial charge in [-0.1, -0.05) is 44.4 Å². The average Bonchev–Trinajstić information content (AvgIpc) is 3.03. The summed E-state index contributed by atoms with van der Waals surface area (Å²) in [5, 5.41) is 12.5. The molecule has 21 heavy (non-hydrogen) atoms. The van der Waals surface area contributed by atoms with E-state index in [0.717, 1.165) is 23.8 Å². The first-order valence-electron chi connectivity index (χ1n) is 8.05. The SMILES string of the molecule is CCC1CCCC(NCc2cnn(-c3ccccc3)n2)C1. The van der Waals surface area contributed by atoms with E-state index in [0.29, 0.717) is 6.04 Å². The van der Waals surface area contributed by atoms with Crippen LogP contribution in [0.5, 0.6) is 0 Å². The third-order valence-corrected chi connectivity index (χ3v) is 4.46. The van der Waals surface area contributed by atoms with Gasteiger partial charge in [0, 0.05) is 12.6 Å². The zero-order valence-corrected chi connectivity index (χ0v) is 12.7. The molecule has 0 spiro atoms. The van der Waals surface area contributed by atoms with Gasteiger partial charge in [-0.25, -0.2) is 0 Å². The second-order valence-corrected chi connectivity index (χ2v) is 5.98. The maximum absolute atomic E-state index is 4.55. The van der Waals surface area contributed by atoms with Crippen LogP contribution in [0.15, 0.2) is 36.5 Å². The van der Waals surface area contributed by atoms with Crippen molar-refractivity contribution in [3.8, 4) is 5.69 Å². The largest absolute Gasteiger partial charge is 0.308 e. The van der Waals surface area contributed by atoms with Crippen LogP contribution in [-0.2, 0) is 6.54 Å². The lowest BCUT2D eigenvalue weighted by Gasteiger charge is -2.28. The van der Waals surface area contributed by atoms with E-state index in [-0.39, 0.29) is 0 Å². The van der Waals surface area contributed by atoms with Crippen molar-refractivity contribution in [1.82, 2.24) is 20.3 Å². The van der Waals surface area contributed by atoms with Gasteiger partial charge < -0.3 is 5.32 Å². The molecule has 2 aromatic rings. The van der Waals surface area contributed by atoms with Gasteiger partial charge in [0.15, 0.2) is 0 Å². The number of aromatic nitrogens is 3. The topological polar surface area (TPSA) is 42.7 Å². The fourth-order valence-corrected chi connectivity index (χ4v) is 3.16. The predicted molar refractivity (Wildman–Crippen MR) is 84.2 cm³/mol. The van der Waals surface area contributed by atoms with Gasteiger partial charge in [-0.3, -0.25) is 0 Å². The Bertz CT molecular complexity index is 549. The molecule has 1 aromatic heterocycles. The number of nitrogens with zero attached hydrogens (tertiary/aromatic N) is 3. The van der Waals surface area contributed by atoms with Crippen LogP contribution in [0.1, 0.15) is 44.7 Å². The Morgan fingerprint density at radius 3 is 2.90 bits per heavy atom. The first kappa shape index (κ1) is 14.3. The molecule has 0 bridgehead atoms. The lowest BCUT2D eigenvalue weighted by molar-refractivity contribution is 0.277. The summed E-state index contributed by atoms with van der Waals surface area (Å²) in [6.07, 6.45) is 8.53. The maximum atomic E-state index is 4.55. The summed E-state index contributed by atoms with van der Waals surface area (Å²) in [6.45, 7) is 3.12. The Balaban J connectivity index is 1.55. The van der Waals surface area contributed by atoms with Crippen molar-refractivity contribution in [2.24, 2.45) is 5.92 Å². The van der Waals surface area contributed by atoms with E-state index in [1.165, 1.54) is 32.1 Å². The van der Waals surface area contributed by atoms with E-state index in [1.807, 2.05) is 36.5 Å². The Morgan fingerprint density at radius 1 is 1.24 bits per heavy atom. The number of rotatable bonds is 5. The highest BCUT2D eigenvalue weighted by Gasteiger charge is 2.20. The minimum absolute atomic E-state index is 0.644. The molecule has 0 aliphatic heterocycles. The Kier molecular flexibility index (Phi) is 4.65. The van der Waals surface area contributed by atoms with Crippen LogP contribution < -0.4 is 5.32 Å². The molecule has 2 atom stereocenters. The molecule has 1 fully saturated rings. The van der Waals surface area contributed by atoms with Crippen LogP contribution in [-0.4, -0.2) is 21.0 Å². The maximum Gasteiger partial charge on any atom is 0.0969 e. The van der Waals surface area contributed by atoms with Crippen molar-refractivity contribution in [3.63, 3.8) is 0 Å². The third-order valence-electron chi connectivity index (χ3n) is 4.46. The second kappa shape index (κ2) is 6.85. The Morgan fingerprint density at radius 2 is 2.10 bits per heavy atom. The summed E-state index contributed by atoms with van der Waals surface area (Å²) >= 11 is 0. The summed E-state index contributed by atoms with van der Waals surface area (Å²) in [6, 6.07) is 10.7. The van der Waals surface area contributed by atoms with Crippen molar-refractivity contribution in [2.45, 2.75) is 51.6 Å². The van der Waals surface area contributed by atoms with Crippen molar-refractivity contribution >= 4 is 0 Å². The summed E-state index contributed by atoms with van der Waals surface area (Å²) in [5.74, 6) is 0.899. The summed E-state index contributed by atoms with van der Waals surface area (Å²) < 4.78 is 0. The van der Waals surface area contributed by atoms with E-state index in [1.54, 1.807) is 4.80 Å². The molecule has 2 unspecified atom stereocenters. The minimum atomic E-state index is 0.644. The molecule has 1 saturated carbocycles. The normalized spacial score (nSPS) is 22.3. The highest BCUT2D eigenvalue weighted by Crippen LogP contribution is 2.26. The van der Waals surface area contributed by atoms with E-state index in [9.17, 15) is 0 Å². The number of hydrogen-bond donors (Lipinski definition) is 1. The molecule has 4 nitrogen and oxygen atoms in total. The van der Waals surface area contributed by atoms with Crippen molar-refractivity contribution in [3.05, 3.63) is 42.2 Å². The van der Waals surface area contributed by atoms with Gasteiger partial charge in [-0.2, -0.15) is 15.0 Å². The summed E-state index contributed by atoms with van der Waals surface area (Å²) in [4.78, 5) is 1.70. The summed E-state index contributed by atoms with van der Waals surface area (Å²) in [5.41, 5.74) is 2.02. The zero-order chi connectivity index (χ0) is 14.5. The van der Waals surface area contributed by atoms with Crippen LogP contribution in [0.2, 0.25) is 0 Å². The van der Waals surface area contributed by atoms with E-state index in [2.05, 4.69) is 22.4 Å². The smallest absolute Gasteiger partial charge is 0.0969 e. The number of para-hydroxylation sites is 1. The quantitative estimate of drug-likeness (QED) is 0.916. The molecule has 1 heterocycles. The van der Waals surface area contributed by atoms with Gasteiger partial charge in [0.1, 0.15) is 0 Å². The predicted octanol–water partition coefficient (Wildman–Crippen LogP) is 3.33. The molecule has 1 N–H and O–H groups in total. The molecule has 0 amide bonds. The third kappa shape index (κ3) is 3.70. The van der Waals surface area contributed by atoms with Crippen molar-refractivity contribution in [1.29, 1.82) is 0 Å². The van der Waals surface area contributed by atoms with Gasteiger partial charge in [0.2, 0.25) is 0 Å². The van der Waals surface area contributed by atoms with Crippen molar-refractivity contribution < 1.29 is 0 Å². The van der Waals surface area contributed by atoms with Crippen LogP contribution >= 0.6 is 0 Å². The highest BCUT2D eigenvalue weighted by atomic mass is 15.5. The van der Waals surface area contributed by atoms with Gasteiger partial charge in [-0.15, -0.1) is 0 Å². The second-order valence-electron chi connectivity index (χ2n) is 5.98. The Hall–Kier alpha value is -1.68. The molecule has 1 aromatic carbocycles. The van der Waals surface area contributed by atoms with Gasteiger partial charge in [0.25, 0.3) is 0 Å². The van der Waals surface area contributed by atoms with Crippen LogP contribution in [0.3, 0.4) is 0 Å². The number of benzene rings is 1. The fourth-order valence-electron chi connectivity index (χ4n) is 3.16. The van der Waals surface area contributed by atoms with Crippen LogP contribution in [0, 0.1) is 5.92 Å². The highest BCUT2D eigenvalue weighted by molar-refractivity contribution is 5.28. The molecular formula is C17H24N4. The summed E-state index contributed by atoms with van der Waals surface area (Å²) in [7, 11) is 0. The van der Waals surface area contributed by atoms with Crippen LogP contribution in [0.4, 0.5) is 0 Å². The molecule has 112 valence electrons. The van der Waals surface area contributed by atoms with Gasteiger partial charge in [0.05, 0.1) is 17.6 Å². The monoisotopic (exact) mass is 284 g/mol. The minimum Gasteiger partial charge on any atom is -0.308 e. The van der Waals surface area contributed by atoms with Gasteiger partial charge in [-0.05, 0) is 30.9 Å². The van der Waals surface area contributed by atoms with Crippen molar-refractivity contribution in [2.75, 3.05) is 0 Å². The van der Waals surface area contributed by atoms with E-state index in [4.69, 9.17) is 0 Å². The number of nitrogens with one attached hydrogen (secondary N) is 1. The fraction of sp³-hybridized carbons (Fsp3) is 0.529. The number of hydrogen-bond acceptors (Lipinski definition) is 3. The first-order valence-corrected chi connectivity index (χ1v) is 8.05. The standard InChI is InChI=1S/C17H24N4/c1-2-14-7-6-8-15(11-14)18-12-16-13-19-21(20-16)17-9-4-3-5-10-17/h3-5,9-10,13-15,18H,2,6-8,11-12H2,1H3. The lowest BCUT2D eigenvalue weighted by Crippen LogP contribution is -2.33. The van der Waals surface area contributed by atoms with E-state index >= 15 is 0 Å². The molecule has 3 rings (SSSR count). The molecule has 1 aliphatic carbocycles. The zero-order valence-electron chi connectivity index (χ0n) is 12.7. The molecule has 1 aliphatic rings. The first-order chi connectivity index (χ1) is 10.3. The molecule has 0 saturated heterocycles. The lowest BCUT2D eigenvalue weighted by atomic mass is 9.84. The Labute approximate surface area is 126 Å². The molecule has 0 radical (unpaired) electrons.